The third-order valence-electron chi connectivity index (χ3n) is 1.76. The van der Waals surface area contributed by atoms with Crippen LogP contribution in [0.25, 0.3) is 0 Å². The zero-order valence-corrected chi connectivity index (χ0v) is 7.97. The van der Waals surface area contributed by atoms with Crippen LogP contribution in [0.3, 0.4) is 0 Å². The fraction of sp³-hybridized carbons (Fsp3) is 0.700. The highest BCUT2D eigenvalue weighted by Gasteiger charge is 1.97. The van der Waals surface area contributed by atoms with Crippen LogP contribution in [0.4, 0.5) is 0 Å². The van der Waals surface area contributed by atoms with Crippen LogP contribution in [0.1, 0.15) is 46.0 Å². The lowest BCUT2D eigenvalue weighted by molar-refractivity contribution is -0.115. The molecule has 0 saturated carbocycles. The van der Waals surface area contributed by atoms with Crippen molar-refractivity contribution in [3.8, 4) is 0 Å². The molecular formula is C10H18O2. The van der Waals surface area contributed by atoms with Gasteiger partial charge >= 0.3 is 0 Å². The largest absolute Gasteiger partial charge is 0.505 e. The molecule has 0 amide bonds. The molecule has 0 aromatic rings. The fourth-order valence-electron chi connectivity index (χ4n) is 0.954. The predicted octanol–water partition coefficient (Wildman–Crippen LogP) is 2.99. The van der Waals surface area contributed by atoms with Crippen LogP contribution in [0.5, 0.6) is 0 Å². The summed E-state index contributed by atoms with van der Waals surface area (Å²) in [6.45, 7) is 3.53. The van der Waals surface area contributed by atoms with Gasteiger partial charge in [-0.05, 0) is 18.9 Å². The maximum absolute atomic E-state index is 10.5. The van der Waals surface area contributed by atoms with Crippen LogP contribution >= 0.6 is 0 Å². The van der Waals surface area contributed by atoms with Crippen molar-refractivity contribution in [1.29, 1.82) is 0 Å². The number of carbonyl (C=O) groups excluding carboxylic acids is 1. The van der Waals surface area contributed by atoms with E-state index >= 15 is 0 Å². The van der Waals surface area contributed by atoms with Gasteiger partial charge in [0.15, 0.2) is 11.5 Å². The molecule has 0 spiro atoms. The Hall–Kier alpha value is -0.790. The number of rotatable bonds is 6. The van der Waals surface area contributed by atoms with E-state index in [4.69, 9.17) is 5.11 Å². The molecule has 0 aliphatic rings. The van der Waals surface area contributed by atoms with Gasteiger partial charge < -0.3 is 5.11 Å². The summed E-state index contributed by atoms with van der Waals surface area (Å²) in [5.41, 5.74) is 0. The van der Waals surface area contributed by atoms with Gasteiger partial charge in [-0.25, -0.2) is 0 Å². The van der Waals surface area contributed by atoms with Crippen LogP contribution in [-0.2, 0) is 4.79 Å². The number of Topliss-reactive ketones (excluding diaryl/α,β-unsaturated/α-hetero) is 1. The minimum atomic E-state index is -0.245. The van der Waals surface area contributed by atoms with Crippen molar-refractivity contribution in [3.63, 3.8) is 0 Å². The summed E-state index contributed by atoms with van der Waals surface area (Å²) in [7, 11) is 0. The summed E-state index contributed by atoms with van der Waals surface area (Å²) in [5.74, 6) is -0.336. The van der Waals surface area contributed by atoms with E-state index in [9.17, 15) is 4.79 Å². The van der Waals surface area contributed by atoms with Gasteiger partial charge in [-0.2, -0.15) is 0 Å². The van der Waals surface area contributed by atoms with Crippen molar-refractivity contribution in [2.24, 2.45) is 0 Å². The predicted molar refractivity (Wildman–Crippen MR) is 50.2 cm³/mol. The molecule has 0 radical (unpaired) electrons. The summed E-state index contributed by atoms with van der Waals surface area (Å²) in [5, 5.41) is 8.99. The Bertz CT molecular complexity index is 159. The molecule has 0 aliphatic heterocycles. The first-order valence-corrected chi connectivity index (χ1v) is 4.58. The molecule has 0 saturated heterocycles. The van der Waals surface area contributed by atoms with E-state index in [-0.39, 0.29) is 11.5 Å². The molecular weight excluding hydrogens is 152 g/mol. The standard InChI is InChI=1S/C10H18O2/c1-3-4-5-6-7-8-10(12)9(2)11/h8,12H,3-7H2,1-2H3. The number of allylic oxidation sites excluding steroid dienone is 2. The maximum Gasteiger partial charge on any atom is 0.193 e. The van der Waals surface area contributed by atoms with E-state index in [0.29, 0.717) is 0 Å². The van der Waals surface area contributed by atoms with Crippen molar-refractivity contribution in [2.75, 3.05) is 0 Å². The van der Waals surface area contributed by atoms with Crippen molar-refractivity contribution in [1.82, 2.24) is 0 Å². The first kappa shape index (κ1) is 11.2. The van der Waals surface area contributed by atoms with E-state index < -0.39 is 0 Å². The van der Waals surface area contributed by atoms with Crippen LogP contribution in [0.2, 0.25) is 0 Å². The number of aliphatic hydroxyl groups excluding tert-OH is 1. The number of aliphatic hydroxyl groups is 1. The van der Waals surface area contributed by atoms with Crippen LogP contribution < -0.4 is 0 Å². The molecule has 0 fully saturated rings. The second kappa shape index (κ2) is 6.89. The molecule has 12 heavy (non-hydrogen) atoms. The lowest BCUT2D eigenvalue weighted by Gasteiger charge is -1.95. The van der Waals surface area contributed by atoms with Crippen LogP contribution in [-0.4, -0.2) is 10.9 Å². The quantitative estimate of drug-likeness (QED) is 0.378. The minimum absolute atomic E-state index is 0.0912. The van der Waals surface area contributed by atoms with E-state index in [1.165, 1.54) is 26.2 Å². The second-order valence-corrected chi connectivity index (χ2v) is 2.99. The number of carbonyl (C=O) groups is 1. The molecule has 0 rings (SSSR count). The average Bonchev–Trinajstić information content (AvgIpc) is 2.03. The highest BCUT2D eigenvalue weighted by molar-refractivity contribution is 5.90. The normalized spacial score (nSPS) is 11.7. The van der Waals surface area contributed by atoms with Gasteiger partial charge in [0, 0.05) is 6.92 Å². The molecule has 1 N–H and O–H groups in total. The Labute approximate surface area is 74.3 Å². The summed E-state index contributed by atoms with van der Waals surface area (Å²) in [6.07, 6.45) is 7.10. The molecule has 0 unspecified atom stereocenters. The topological polar surface area (TPSA) is 37.3 Å². The zero-order chi connectivity index (χ0) is 9.40. The summed E-state index contributed by atoms with van der Waals surface area (Å²) < 4.78 is 0. The molecule has 0 aliphatic carbocycles. The first-order chi connectivity index (χ1) is 5.68. The minimum Gasteiger partial charge on any atom is -0.505 e. The van der Waals surface area contributed by atoms with Gasteiger partial charge in [0.05, 0.1) is 0 Å². The average molecular weight is 170 g/mol. The van der Waals surface area contributed by atoms with Crippen molar-refractivity contribution in [3.05, 3.63) is 11.8 Å². The Morgan fingerprint density at radius 3 is 2.50 bits per heavy atom. The van der Waals surface area contributed by atoms with Gasteiger partial charge in [-0.1, -0.05) is 26.2 Å². The third-order valence-corrected chi connectivity index (χ3v) is 1.76. The Balaban J connectivity index is 3.40. The van der Waals surface area contributed by atoms with E-state index in [0.717, 1.165) is 12.8 Å². The van der Waals surface area contributed by atoms with Crippen LogP contribution in [0, 0.1) is 0 Å². The molecule has 0 heterocycles. The lowest BCUT2D eigenvalue weighted by Crippen LogP contribution is -1.94. The Morgan fingerprint density at radius 2 is 2.00 bits per heavy atom. The fourth-order valence-corrected chi connectivity index (χ4v) is 0.954. The first-order valence-electron chi connectivity index (χ1n) is 4.58. The number of unbranched alkanes of at least 4 members (excludes halogenated alkanes) is 4. The smallest absolute Gasteiger partial charge is 0.193 e. The molecule has 2 nitrogen and oxygen atoms in total. The second-order valence-electron chi connectivity index (χ2n) is 2.99. The highest BCUT2D eigenvalue weighted by atomic mass is 16.3. The summed E-state index contributed by atoms with van der Waals surface area (Å²) >= 11 is 0. The van der Waals surface area contributed by atoms with E-state index in [1.54, 1.807) is 6.08 Å². The lowest BCUT2D eigenvalue weighted by atomic mass is 10.1. The Kier molecular flexibility index (Phi) is 6.44. The van der Waals surface area contributed by atoms with E-state index in [2.05, 4.69) is 6.92 Å². The number of hydrogen-bond acceptors (Lipinski definition) is 2. The number of ketones is 1. The number of hydrogen-bond donors (Lipinski definition) is 1. The molecule has 70 valence electrons. The van der Waals surface area contributed by atoms with Crippen molar-refractivity contribution < 1.29 is 9.90 Å². The maximum atomic E-state index is 10.5. The molecule has 0 aromatic carbocycles. The SMILES string of the molecule is CCCCCCC=C(O)C(C)=O. The molecule has 0 bridgehead atoms. The van der Waals surface area contributed by atoms with Crippen molar-refractivity contribution >= 4 is 5.78 Å². The molecule has 2 heteroatoms. The van der Waals surface area contributed by atoms with E-state index in [1.807, 2.05) is 0 Å². The highest BCUT2D eigenvalue weighted by Crippen LogP contribution is 2.04. The zero-order valence-electron chi connectivity index (χ0n) is 7.97. The summed E-state index contributed by atoms with van der Waals surface area (Å²) in [6, 6.07) is 0. The van der Waals surface area contributed by atoms with Gasteiger partial charge in [0.1, 0.15) is 0 Å². The summed E-state index contributed by atoms with van der Waals surface area (Å²) in [4.78, 5) is 10.5. The molecule has 0 aromatic heterocycles. The van der Waals surface area contributed by atoms with Gasteiger partial charge in [0.2, 0.25) is 0 Å². The van der Waals surface area contributed by atoms with Crippen molar-refractivity contribution in [2.45, 2.75) is 46.0 Å². The Morgan fingerprint density at radius 1 is 1.33 bits per heavy atom. The van der Waals surface area contributed by atoms with Gasteiger partial charge in [-0.15, -0.1) is 0 Å². The van der Waals surface area contributed by atoms with Gasteiger partial charge in [-0.3, -0.25) is 4.79 Å². The van der Waals surface area contributed by atoms with Crippen LogP contribution in [0.15, 0.2) is 11.8 Å². The molecule has 0 atom stereocenters. The monoisotopic (exact) mass is 170 g/mol. The third kappa shape index (κ3) is 5.96. The van der Waals surface area contributed by atoms with Gasteiger partial charge in [0.25, 0.3) is 0 Å².